The molecule has 0 spiro atoms. The van der Waals surface area contributed by atoms with Crippen LogP contribution in [0.3, 0.4) is 0 Å². The quantitative estimate of drug-likeness (QED) is 0.0249. The first kappa shape index (κ1) is 62.1. The summed E-state index contributed by atoms with van der Waals surface area (Å²) in [5, 5.41) is 27.0. The summed E-state index contributed by atoms with van der Waals surface area (Å²) in [5.41, 5.74) is 0. The summed E-state index contributed by atoms with van der Waals surface area (Å²) < 4.78 is 11.3. The van der Waals surface area contributed by atoms with Crippen LogP contribution in [-0.4, -0.2) is 108 Å². The molecule has 4 amide bonds. The van der Waals surface area contributed by atoms with Crippen LogP contribution in [0.4, 0.5) is 0 Å². The number of carbonyl (C=O) groups is 8. The van der Waals surface area contributed by atoms with E-state index in [1.54, 1.807) is 0 Å². The van der Waals surface area contributed by atoms with E-state index in [-0.39, 0.29) is 37.8 Å². The molecule has 66 heavy (non-hydrogen) atoms. The standard InChI is InChI=1S/C49H88N4O12S/c1-3-5-7-9-11-13-15-17-19-21-23-25-27-29-47(60)64-38-40(65-48(61)30-28-26-24-22-20-18-16-14-12-10-8-6-4-2)39-66-34-33-42(54)50-35-43(55)51-36-44(56)52-37-45(57)53-41(49(62)63)31-32-46(58)59/h40-41H,3-39H2,1-2H3,(H,50,54)(H,51,55)(H,52,56)(H,53,57)(H,58,59)(H,62,63)/t40?,41-/m0/s1. The lowest BCUT2D eigenvalue weighted by atomic mass is 10.0. The second-order valence-electron chi connectivity index (χ2n) is 17.3. The average molecular weight is 957 g/mol. The Morgan fingerprint density at radius 2 is 0.864 bits per heavy atom. The van der Waals surface area contributed by atoms with Gasteiger partial charge in [-0.05, 0) is 19.3 Å². The SMILES string of the molecule is CCCCCCCCCCCCCCCC(=O)OCC(CSCCC(=O)NCC(=O)NCC(=O)NCC(=O)N[C@@H](CCC(=O)O)C(=O)O)OC(=O)CCCCCCCCCCCCCCC. The number of esters is 2. The highest BCUT2D eigenvalue weighted by atomic mass is 32.2. The van der Waals surface area contributed by atoms with Crippen LogP contribution in [0.1, 0.15) is 213 Å². The zero-order valence-electron chi connectivity index (χ0n) is 40.7. The van der Waals surface area contributed by atoms with Crippen molar-refractivity contribution in [2.75, 3.05) is 37.7 Å². The van der Waals surface area contributed by atoms with Crippen molar-refractivity contribution in [3.63, 3.8) is 0 Å². The van der Waals surface area contributed by atoms with Gasteiger partial charge in [-0.15, -0.1) is 0 Å². The number of amides is 4. The molecule has 0 fully saturated rings. The van der Waals surface area contributed by atoms with Crippen LogP contribution in [0, 0.1) is 0 Å². The van der Waals surface area contributed by atoms with Crippen molar-refractivity contribution >= 4 is 59.3 Å². The second kappa shape index (κ2) is 44.9. The van der Waals surface area contributed by atoms with Crippen molar-refractivity contribution in [2.45, 2.75) is 225 Å². The van der Waals surface area contributed by atoms with Crippen LogP contribution in [0.25, 0.3) is 0 Å². The van der Waals surface area contributed by atoms with Crippen molar-refractivity contribution in [1.29, 1.82) is 0 Å². The highest BCUT2D eigenvalue weighted by molar-refractivity contribution is 7.99. The van der Waals surface area contributed by atoms with Crippen LogP contribution in [0.5, 0.6) is 0 Å². The van der Waals surface area contributed by atoms with Gasteiger partial charge in [-0.2, -0.15) is 11.8 Å². The fourth-order valence-corrected chi connectivity index (χ4v) is 8.02. The third kappa shape index (κ3) is 42.7. The molecule has 0 heterocycles. The van der Waals surface area contributed by atoms with E-state index in [0.717, 1.165) is 44.9 Å². The number of carboxylic acid groups (broad SMARTS) is 2. The number of rotatable bonds is 47. The highest BCUT2D eigenvalue weighted by Crippen LogP contribution is 2.16. The number of carbonyl (C=O) groups excluding carboxylic acids is 6. The molecule has 0 saturated carbocycles. The van der Waals surface area contributed by atoms with E-state index in [0.29, 0.717) is 17.9 Å². The van der Waals surface area contributed by atoms with Crippen LogP contribution in [-0.2, 0) is 47.8 Å². The van der Waals surface area contributed by atoms with Gasteiger partial charge in [-0.25, -0.2) is 4.79 Å². The predicted molar refractivity (Wildman–Crippen MR) is 259 cm³/mol. The minimum atomic E-state index is -1.44. The smallest absolute Gasteiger partial charge is 0.326 e. The Labute approximate surface area is 400 Å². The molecule has 2 atom stereocenters. The van der Waals surface area contributed by atoms with Crippen molar-refractivity contribution in [1.82, 2.24) is 21.3 Å². The summed E-state index contributed by atoms with van der Waals surface area (Å²) in [4.78, 5) is 96.0. The van der Waals surface area contributed by atoms with E-state index < -0.39 is 73.8 Å². The van der Waals surface area contributed by atoms with Gasteiger partial charge in [-0.3, -0.25) is 33.6 Å². The third-order valence-corrected chi connectivity index (χ3v) is 12.2. The fourth-order valence-electron chi connectivity index (χ4n) is 7.09. The van der Waals surface area contributed by atoms with Gasteiger partial charge in [0.25, 0.3) is 0 Å². The highest BCUT2D eigenvalue weighted by Gasteiger charge is 2.22. The summed E-state index contributed by atoms with van der Waals surface area (Å²) in [5.74, 6) is -5.32. The van der Waals surface area contributed by atoms with Crippen LogP contribution < -0.4 is 21.3 Å². The number of hydrogen-bond donors (Lipinski definition) is 6. The lowest BCUT2D eigenvalue weighted by Crippen LogP contribution is -2.47. The summed E-state index contributed by atoms with van der Waals surface area (Å²) in [6, 6.07) is -1.44. The van der Waals surface area contributed by atoms with E-state index in [1.165, 1.54) is 134 Å². The number of ether oxygens (including phenoxy) is 2. The van der Waals surface area contributed by atoms with Crippen molar-refractivity contribution in [3.05, 3.63) is 0 Å². The van der Waals surface area contributed by atoms with E-state index in [1.807, 2.05) is 0 Å². The molecular formula is C49H88N4O12S. The maximum Gasteiger partial charge on any atom is 0.326 e. The van der Waals surface area contributed by atoms with E-state index in [4.69, 9.17) is 19.7 Å². The zero-order valence-corrected chi connectivity index (χ0v) is 41.5. The largest absolute Gasteiger partial charge is 0.481 e. The van der Waals surface area contributed by atoms with Crippen molar-refractivity contribution in [2.24, 2.45) is 0 Å². The van der Waals surface area contributed by atoms with Crippen LogP contribution in [0.15, 0.2) is 0 Å². The number of carboxylic acids is 2. The maximum atomic E-state index is 12.8. The Balaban J connectivity index is 4.58. The minimum Gasteiger partial charge on any atom is -0.481 e. The van der Waals surface area contributed by atoms with Crippen LogP contribution in [0.2, 0.25) is 0 Å². The molecule has 0 aromatic heterocycles. The van der Waals surface area contributed by atoms with Gasteiger partial charge in [-0.1, -0.05) is 168 Å². The molecule has 0 rings (SSSR count). The number of thioether (sulfide) groups is 1. The van der Waals surface area contributed by atoms with Crippen molar-refractivity contribution < 1.29 is 58.0 Å². The minimum absolute atomic E-state index is 0.0514. The molecule has 0 aliphatic heterocycles. The normalized spacial score (nSPS) is 11.8. The molecule has 382 valence electrons. The lowest BCUT2D eigenvalue weighted by molar-refractivity contribution is -0.157. The molecule has 0 aromatic rings. The number of nitrogens with one attached hydrogen (secondary N) is 4. The summed E-state index contributed by atoms with van der Waals surface area (Å²) in [6.45, 7) is 2.90. The van der Waals surface area contributed by atoms with E-state index in [2.05, 4.69) is 35.1 Å². The third-order valence-electron chi connectivity index (χ3n) is 11.1. The average Bonchev–Trinajstić information content (AvgIpc) is 3.28. The molecule has 0 saturated heterocycles. The molecular weight excluding hydrogens is 869 g/mol. The number of hydrogen-bond acceptors (Lipinski definition) is 11. The number of aliphatic carboxylic acids is 2. The van der Waals surface area contributed by atoms with Gasteiger partial charge < -0.3 is 41.0 Å². The van der Waals surface area contributed by atoms with Crippen molar-refractivity contribution in [3.8, 4) is 0 Å². The first-order chi connectivity index (χ1) is 31.9. The molecule has 17 heteroatoms. The fraction of sp³-hybridized carbons (Fsp3) is 0.837. The summed E-state index contributed by atoms with van der Waals surface area (Å²) >= 11 is 1.36. The first-order valence-electron chi connectivity index (χ1n) is 25.3. The van der Waals surface area contributed by atoms with E-state index >= 15 is 0 Å². The molecule has 6 N–H and O–H groups in total. The Bertz CT molecular complexity index is 1340. The Hall–Kier alpha value is -3.89. The first-order valence-corrected chi connectivity index (χ1v) is 26.5. The lowest BCUT2D eigenvalue weighted by Gasteiger charge is -2.18. The Morgan fingerprint density at radius 1 is 0.470 bits per heavy atom. The van der Waals surface area contributed by atoms with Gasteiger partial charge in [0.05, 0.1) is 19.6 Å². The molecule has 0 bridgehead atoms. The molecule has 0 aromatic carbocycles. The monoisotopic (exact) mass is 957 g/mol. The summed E-state index contributed by atoms with van der Waals surface area (Å²) in [7, 11) is 0. The van der Waals surface area contributed by atoms with Crippen LogP contribution >= 0.6 is 11.8 Å². The second-order valence-corrected chi connectivity index (χ2v) is 18.5. The zero-order chi connectivity index (χ0) is 48.9. The summed E-state index contributed by atoms with van der Waals surface area (Å²) in [6.07, 6.45) is 30.6. The number of unbranched alkanes of at least 4 members (excludes halogenated alkanes) is 24. The van der Waals surface area contributed by atoms with Gasteiger partial charge in [0, 0.05) is 37.2 Å². The van der Waals surface area contributed by atoms with Gasteiger partial charge in [0.1, 0.15) is 18.8 Å². The molecule has 0 aliphatic carbocycles. The molecule has 0 aliphatic rings. The Kier molecular flexibility index (Phi) is 42.3. The molecule has 0 radical (unpaired) electrons. The molecule has 16 nitrogen and oxygen atoms in total. The van der Waals surface area contributed by atoms with E-state index in [9.17, 15) is 38.4 Å². The topological polar surface area (TPSA) is 244 Å². The maximum absolute atomic E-state index is 12.8. The predicted octanol–water partition coefficient (Wildman–Crippen LogP) is 8.31. The molecule has 1 unspecified atom stereocenters. The Morgan fingerprint density at radius 3 is 1.29 bits per heavy atom. The van der Waals surface area contributed by atoms with Gasteiger partial charge >= 0.3 is 23.9 Å². The van der Waals surface area contributed by atoms with Gasteiger partial charge in [0.15, 0.2) is 0 Å². The van der Waals surface area contributed by atoms with Gasteiger partial charge in [0.2, 0.25) is 23.6 Å².